The zero-order valence-electron chi connectivity index (χ0n) is 10.7. The third-order valence-corrected chi connectivity index (χ3v) is 3.17. The van der Waals surface area contributed by atoms with Gasteiger partial charge in [0.1, 0.15) is 0 Å². The van der Waals surface area contributed by atoms with Crippen LogP contribution in [0.1, 0.15) is 45.4 Å². The van der Waals surface area contributed by atoms with Gasteiger partial charge in [0.2, 0.25) is 0 Å². The van der Waals surface area contributed by atoms with E-state index in [1.54, 1.807) is 0 Å². The first-order valence-corrected chi connectivity index (χ1v) is 7.34. The zero-order valence-corrected chi connectivity index (χ0v) is 12.3. The van der Waals surface area contributed by atoms with E-state index in [0.717, 1.165) is 11.1 Å². The summed E-state index contributed by atoms with van der Waals surface area (Å²) in [7, 11) is 0. The van der Waals surface area contributed by atoms with Gasteiger partial charge >= 0.3 is 0 Å². The smallest absolute Gasteiger partial charge is 0.252 e. The molecule has 0 saturated carbocycles. The van der Waals surface area contributed by atoms with Crippen LogP contribution in [0, 0.1) is 0 Å². The molecule has 0 radical (unpaired) electrons. The lowest BCUT2D eigenvalue weighted by molar-refractivity contribution is -0.733. The molecule has 1 heterocycles. The van der Waals surface area contributed by atoms with Crippen LogP contribution in [0.3, 0.4) is 0 Å². The molecule has 0 bridgehead atoms. The Morgan fingerprint density at radius 2 is 1.94 bits per heavy atom. The molecule has 3 heteroatoms. The first-order valence-electron chi connectivity index (χ1n) is 6.55. The van der Waals surface area contributed by atoms with Crippen molar-refractivity contribution in [2.24, 2.45) is 0 Å². The van der Waals surface area contributed by atoms with Crippen LogP contribution in [-0.2, 0) is 11.5 Å². The highest BCUT2D eigenvalue weighted by Crippen LogP contribution is 2.05. The molecule has 0 N–H and O–H groups in total. The molecule has 1 aromatic heterocycles. The lowest BCUT2D eigenvalue weighted by Crippen LogP contribution is -2.34. The normalized spacial score (nSPS) is 10.7. The van der Waals surface area contributed by atoms with Crippen molar-refractivity contribution in [3.63, 3.8) is 0 Å². The Morgan fingerprint density at radius 1 is 1.18 bits per heavy atom. The van der Waals surface area contributed by atoms with Crippen LogP contribution < -0.4 is 4.57 Å². The zero-order chi connectivity index (χ0) is 12.3. The molecular formula is C14H23BrNO+. The summed E-state index contributed by atoms with van der Waals surface area (Å²) in [4.78, 5) is 0. The Bertz CT molecular complexity index is 304. The SMILES string of the molecule is CCCCCCCCOC[n+]1cccc(Br)c1. The van der Waals surface area contributed by atoms with Crippen molar-refractivity contribution in [3.8, 4) is 0 Å². The number of hydrogen-bond acceptors (Lipinski definition) is 1. The number of unbranched alkanes of at least 4 members (excludes halogenated alkanes) is 5. The molecule has 0 aliphatic carbocycles. The minimum absolute atomic E-state index is 0.647. The average molecular weight is 301 g/mol. The summed E-state index contributed by atoms with van der Waals surface area (Å²) in [6.45, 7) is 3.76. The largest absolute Gasteiger partial charge is 0.323 e. The van der Waals surface area contributed by atoms with E-state index in [-0.39, 0.29) is 0 Å². The van der Waals surface area contributed by atoms with Crippen LogP contribution in [0.15, 0.2) is 29.0 Å². The predicted octanol–water partition coefficient (Wildman–Crippen LogP) is 4.07. The van der Waals surface area contributed by atoms with Crippen molar-refractivity contribution >= 4 is 15.9 Å². The second kappa shape index (κ2) is 9.60. The maximum absolute atomic E-state index is 5.62. The van der Waals surface area contributed by atoms with E-state index in [1.807, 2.05) is 29.1 Å². The molecule has 0 spiro atoms. The van der Waals surface area contributed by atoms with E-state index in [1.165, 1.54) is 38.5 Å². The van der Waals surface area contributed by atoms with Gasteiger partial charge in [-0.05, 0) is 28.4 Å². The first-order chi connectivity index (χ1) is 8.33. The average Bonchev–Trinajstić information content (AvgIpc) is 2.33. The number of nitrogens with zero attached hydrogens (tertiary/aromatic N) is 1. The van der Waals surface area contributed by atoms with E-state index in [4.69, 9.17) is 4.74 Å². The third kappa shape index (κ3) is 7.50. The summed E-state index contributed by atoms with van der Waals surface area (Å²) in [5.74, 6) is 0. The lowest BCUT2D eigenvalue weighted by Gasteiger charge is -2.01. The Labute approximate surface area is 113 Å². The van der Waals surface area contributed by atoms with Gasteiger partial charge in [0.05, 0.1) is 11.1 Å². The molecule has 0 saturated heterocycles. The lowest BCUT2D eigenvalue weighted by atomic mass is 10.1. The van der Waals surface area contributed by atoms with Crippen molar-refractivity contribution in [2.45, 2.75) is 52.2 Å². The number of pyridine rings is 1. The fourth-order valence-electron chi connectivity index (χ4n) is 1.72. The molecule has 0 aliphatic heterocycles. The highest BCUT2D eigenvalue weighted by atomic mass is 79.9. The second-order valence-corrected chi connectivity index (χ2v) is 5.26. The number of rotatable bonds is 9. The van der Waals surface area contributed by atoms with Crippen molar-refractivity contribution in [3.05, 3.63) is 29.0 Å². The van der Waals surface area contributed by atoms with Crippen LogP contribution in [0.5, 0.6) is 0 Å². The molecular weight excluding hydrogens is 278 g/mol. The Hall–Kier alpha value is -0.410. The summed E-state index contributed by atoms with van der Waals surface area (Å²) in [6.07, 6.45) is 11.9. The molecule has 0 aliphatic rings. The third-order valence-electron chi connectivity index (χ3n) is 2.70. The van der Waals surface area contributed by atoms with Crippen molar-refractivity contribution < 1.29 is 9.30 Å². The van der Waals surface area contributed by atoms with Gasteiger partial charge in [0.25, 0.3) is 6.73 Å². The molecule has 96 valence electrons. The molecule has 1 rings (SSSR count). The summed E-state index contributed by atoms with van der Waals surface area (Å²) in [5, 5.41) is 0. The molecule has 17 heavy (non-hydrogen) atoms. The van der Waals surface area contributed by atoms with Gasteiger partial charge < -0.3 is 4.74 Å². The van der Waals surface area contributed by atoms with Crippen LogP contribution in [0.4, 0.5) is 0 Å². The Morgan fingerprint density at radius 3 is 2.71 bits per heavy atom. The molecule has 2 nitrogen and oxygen atoms in total. The van der Waals surface area contributed by atoms with Gasteiger partial charge in [-0.2, -0.15) is 4.57 Å². The van der Waals surface area contributed by atoms with Gasteiger partial charge in [-0.1, -0.05) is 39.0 Å². The van der Waals surface area contributed by atoms with Crippen molar-refractivity contribution in [2.75, 3.05) is 6.61 Å². The monoisotopic (exact) mass is 300 g/mol. The highest BCUT2D eigenvalue weighted by molar-refractivity contribution is 9.10. The fraction of sp³-hybridized carbons (Fsp3) is 0.643. The van der Waals surface area contributed by atoms with Crippen LogP contribution in [-0.4, -0.2) is 6.61 Å². The minimum atomic E-state index is 0.647. The summed E-state index contributed by atoms with van der Waals surface area (Å²) >= 11 is 3.44. The maximum atomic E-state index is 5.62. The van der Waals surface area contributed by atoms with Crippen LogP contribution in [0.25, 0.3) is 0 Å². The second-order valence-electron chi connectivity index (χ2n) is 4.34. The Kier molecular flexibility index (Phi) is 8.28. The number of halogens is 1. The number of ether oxygens (including phenoxy) is 1. The van der Waals surface area contributed by atoms with Crippen LogP contribution >= 0.6 is 15.9 Å². The van der Waals surface area contributed by atoms with E-state index < -0.39 is 0 Å². The Balaban J connectivity index is 1.97. The molecule has 0 amide bonds. The molecule has 0 aromatic carbocycles. The molecule has 0 unspecified atom stereocenters. The standard InChI is InChI=1S/C14H23BrNO/c1-2-3-4-5-6-7-11-17-13-16-10-8-9-14(15)12-16/h8-10,12H,2-7,11,13H2,1H3/q+1. The molecule has 1 aromatic rings. The van der Waals surface area contributed by atoms with Gasteiger partial charge in [0.15, 0.2) is 12.4 Å². The topological polar surface area (TPSA) is 13.1 Å². The van der Waals surface area contributed by atoms with Crippen molar-refractivity contribution in [1.82, 2.24) is 0 Å². The van der Waals surface area contributed by atoms with Crippen LogP contribution in [0.2, 0.25) is 0 Å². The summed E-state index contributed by atoms with van der Waals surface area (Å²) < 4.78 is 8.75. The van der Waals surface area contributed by atoms with Crippen molar-refractivity contribution in [1.29, 1.82) is 0 Å². The van der Waals surface area contributed by atoms with E-state index in [9.17, 15) is 0 Å². The maximum Gasteiger partial charge on any atom is 0.252 e. The fourth-order valence-corrected chi connectivity index (χ4v) is 2.14. The highest BCUT2D eigenvalue weighted by Gasteiger charge is 2.00. The van der Waals surface area contributed by atoms with E-state index >= 15 is 0 Å². The number of hydrogen-bond donors (Lipinski definition) is 0. The number of aromatic nitrogens is 1. The first kappa shape index (κ1) is 14.7. The van der Waals surface area contributed by atoms with Gasteiger partial charge in [-0.15, -0.1) is 0 Å². The predicted molar refractivity (Wildman–Crippen MR) is 73.7 cm³/mol. The molecule has 0 fully saturated rings. The van der Waals surface area contributed by atoms with E-state index in [0.29, 0.717) is 6.73 Å². The summed E-state index contributed by atoms with van der Waals surface area (Å²) in [5.41, 5.74) is 0. The van der Waals surface area contributed by atoms with Gasteiger partial charge in [0, 0.05) is 6.07 Å². The van der Waals surface area contributed by atoms with Gasteiger partial charge in [-0.3, -0.25) is 0 Å². The van der Waals surface area contributed by atoms with E-state index in [2.05, 4.69) is 22.9 Å². The quantitative estimate of drug-likeness (QED) is 0.495. The summed E-state index contributed by atoms with van der Waals surface area (Å²) in [6, 6.07) is 4.03. The molecule has 0 atom stereocenters. The van der Waals surface area contributed by atoms with Gasteiger partial charge in [-0.25, -0.2) is 0 Å². The minimum Gasteiger partial charge on any atom is -0.323 e.